The first-order chi connectivity index (χ1) is 9.47. The number of nitrogens with zero attached hydrogens (tertiary/aromatic N) is 1. The summed E-state index contributed by atoms with van der Waals surface area (Å²) in [5.74, 6) is -0.242. The highest BCUT2D eigenvalue weighted by molar-refractivity contribution is 6.31. The molecule has 0 aliphatic rings. The summed E-state index contributed by atoms with van der Waals surface area (Å²) < 4.78 is 0. The Labute approximate surface area is 123 Å². The minimum absolute atomic E-state index is 0.242. The van der Waals surface area contributed by atoms with Crippen LogP contribution in [0.1, 0.15) is 10.4 Å². The van der Waals surface area contributed by atoms with E-state index < -0.39 is 0 Å². The number of benzene rings is 2. The number of nitrogen functional groups attached to an aromatic ring is 1. The quantitative estimate of drug-likeness (QED) is 0.853. The molecule has 0 fully saturated rings. The molecule has 0 heterocycles. The van der Waals surface area contributed by atoms with Crippen LogP contribution in [0, 0.1) is 0 Å². The third-order valence-electron chi connectivity index (χ3n) is 2.82. The molecule has 20 heavy (non-hydrogen) atoms. The van der Waals surface area contributed by atoms with Gasteiger partial charge in [0.25, 0.3) is 5.91 Å². The molecule has 3 N–H and O–H groups in total. The summed E-state index contributed by atoms with van der Waals surface area (Å²) in [6.07, 6.45) is 0. The maximum absolute atomic E-state index is 12.2. The Bertz CT molecular complexity index is 621. The molecule has 5 heteroatoms. The largest absolute Gasteiger partial charge is 0.399 e. The summed E-state index contributed by atoms with van der Waals surface area (Å²) >= 11 is 5.91. The van der Waals surface area contributed by atoms with Crippen molar-refractivity contribution in [1.29, 1.82) is 0 Å². The first kappa shape index (κ1) is 14.2. The number of hydrogen-bond donors (Lipinski definition) is 2. The van der Waals surface area contributed by atoms with Crippen LogP contribution in [0.15, 0.2) is 42.5 Å². The van der Waals surface area contributed by atoms with E-state index in [4.69, 9.17) is 17.3 Å². The number of nitrogens with one attached hydrogen (secondary N) is 1. The lowest BCUT2D eigenvalue weighted by atomic mass is 10.1. The second-order valence-corrected chi connectivity index (χ2v) is 5.08. The molecule has 0 aliphatic heterocycles. The van der Waals surface area contributed by atoms with E-state index in [-0.39, 0.29) is 5.91 Å². The van der Waals surface area contributed by atoms with E-state index in [0.717, 1.165) is 11.4 Å². The van der Waals surface area contributed by atoms with Gasteiger partial charge in [-0.05, 0) is 30.3 Å². The average molecular weight is 290 g/mol. The zero-order valence-electron chi connectivity index (χ0n) is 11.4. The fourth-order valence-electron chi connectivity index (χ4n) is 1.91. The van der Waals surface area contributed by atoms with E-state index in [2.05, 4.69) is 5.32 Å². The second kappa shape index (κ2) is 5.84. The Morgan fingerprint density at radius 3 is 2.55 bits per heavy atom. The van der Waals surface area contributed by atoms with Crippen LogP contribution >= 0.6 is 11.6 Å². The minimum Gasteiger partial charge on any atom is -0.399 e. The zero-order chi connectivity index (χ0) is 14.7. The molecule has 0 radical (unpaired) electrons. The molecular formula is C15H16ClN3O. The van der Waals surface area contributed by atoms with E-state index in [1.807, 2.05) is 43.3 Å². The third kappa shape index (κ3) is 3.22. The van der Waals surface area contributed by atoms with Gasteiger partial charge < -0.3 is 16.0 Å². The lowest BCUT2D eigenvalue weighted by Crippen LogP contribution is -2.16. The molecule has 104 valence electrons. The van der Waals surface area contributed by atoms with Crippen molar-refractivity contribution in [3.05, 3.63) is 53.1 Å². The number of amides is 1. The van der Waals surface area contributed by atoms with Gasteiger partial charge in [-0.25, -0.2) is 0 Å². The number of rotatable bonds is 3. The summed E-state index contributed by atoms with van der Waals surface area (Å²) in [5.41, 5.74) is 8.26. The first-order valence-corrected chi connectivity index (χ1v) is 6.49. The SMILES string of the molecule is CN(C)c1ccccc1NC(=O)c1cc(N)cc(Cl)c1. The van der Waals surface area contributed by atoms with Crippen LogP contribution in [0.2, 0.25) is 5.02 Å². The van der Waals surface area contributed by atoms with Crippen LogP contribution in [0.3, 0.4) is 0 Å². The summed E-state index contributed by atoms with van der Waals surface area (Å²) in [6, 6.07) is 12.4. The number of hydrogen-bond acceptors (Lipinski definition) is 3. The van der Waals surface area contributed by atoms with Gasteiger partial charge in [0, 0.05) is 30.4 Å². The van der Waals surface area contributed by atoms with E-state index in [1.54, 1.807) is 18.2 Å². The van der Waals surface area contributed by atoms with E-state index in [9.17, 15) is 4.79 Å². The predicted octanol–water partition coefficient (Wildman–Crippen LogP) is 3.24. The van der Waals surface area contributed by atoms with Gasteiger partial charge in [0.1, 0.15) is 0 Å². The standard InChI is InChI=1S/C15H16ClN3O/c1-19(2)14-6-4-3-5-13(14)18-15(20)10-7-11(16)9-12(17)8-10/h3-9H,17H2,1-2H3,(H,18,20). The number of carbonyl (C=O) groups is 1. The average Bonchev–Trinajstić information content (AvgIpc) is 2.37. The highest BCUT2D eigenvalue weighted by Crippen LogP contribution is 2.25. The van der Waals surface area contributed by atoms with Crippen LogP contribution in [-0.4, -0.2) is 20.0 Å². The molecule has 0 saturated carbocycles. The maximum atomic E-state index is 12.2. The van der Waals surface area contributed by atoms with Crippen molar-refractivity contribution < 1.29 is 4.79 Å². The van der Waals surface area contributed by atoms with Crippen molar-refractivity contribution >= 4 is 34.6 Å². The van der Waals surface area contributed by atoms with Gasteiger partial charge in [-0.2, -0.15) is 0 Å². The Kier molecular flexibility index (Phi) is 4.15. The molecule has 0 unspecified atom stereocenters. The van der Waals surface area contributed by atoms with E-state index in [0.29, 0.717) is 16.3 Å². The van der Waals surface area contributed by atoms with Gasteiger partial charge in [-0.3, -0.25) is 4.79 Å². The Balaban J connectivity index is 2.28. The summed E-state index contributed by atoms with van der Waals surface area (Å²) in [5, 5.41) is 3.31. The minimum atomic E-state index is -0.242. The third-order valence-corrected chi connectivity index (χ3v) is 3.03. The summed E-state index contributed by atoms with van der Waals surface area (Å²) in [4.78, 5) is 14.2. The smallest absolute Gasteiger partial charge is 0.255 e. The zero-order valence-corrected chi connectivity index (χ0v) is 12.1. The van der Waals surface area contributed by atoms with Crippen molar-refractivity contribution in [3.63, 3.8) is 0 Å². The van der Waals surface area contributed by atoms with Gasteiger partial charge >= 0.3 is 0 Å². The van der Waals surface area contributed by atoms with Crippen molar-refractivity contribution in [3.8, 4) is 0 Å². The Morgan fingerprint density at radius 2 is 1.90 bits per heavy atom. The molecule has 1 amide bonds. The number of nitrogens with two attached hydrogens (primary N) is 1. The fourth-order valence-corrected chi connectivity index (χ4v) is 2.15. The van der Waals surface area contributed by atoms with Gasteiger partial charge in [0.2, 0.25) is 0 Å². The van der Waals surface area contributed by atoms with E-state index in [1.165, 1.54) is 0 Å². The van der Waals surface area contributed by atoms with Crippen molar-refractivity contribution in [2.45, 2.75) is 0 Å². The van der Waals surface area contributed by atoms with Crippen LogP contribution in [0.25, 0.3) is 0 Å². The maximum Gasteiger partial charge on any atom is 0.255 e. The van der Waals surface area contributed by atoms with Crippen molar-refractivity contribution in [2.24, 2.45) is 0 Å². The topological polar surface area (TPSA) is 58.4 Å². The lowest BCUT2D eigenvalue weighted by Gasteiger charge is -2.17. The van der Waals surface area contributed by atoms with Gasteiger partial charge in [0.15, 0.2) is 0 Å². The number of carbonyl (C=O) groups excluding carboxylic acids is 1. The van der Waals surface area contributed by atoms with Crippen molar-refractivity contribution in [1.82, 2.24) is 0 Å². The van der Waals surface area contributed by atoms with Crippen LogP contribution < -0.4 is 16.0 Å². The van der Waals surface area contributed by atoms with Gasteiger partial charge in [-0.1, -0.05) is 23.7 Å². The highest BCUT2D eigenvalue weighted by Gasteiger charge is 2.11. The molecule has 4 nitrogen and oxygen atoms in total. The van der Waals surface area contributed by atoms with E-state index >= 15 is 0 Å². The van der Waals surface area contributed by atoms with Crippen LogP contribution in [0.4, 0.5) is 17.1 Å². The summed E-state index contributed by atoms with van der Waals surface area (Å²) in [6.45, 7) is 0. The number of halogens is 1. The Morgan fingerprint density at radius 1 is 1.20 bits per heavy atom. The molecular weight excluding hydrogens is 274 g/mol. The van der Waals surface area contributed by atoms with Crippen LogP contribution in [0.5, 0.6) is 0 Å². The molecule has 0 atom stereocenters. The molecule has 0 aliphatic carbocycles. The van der Waals surface area contributed by atoms with Gasteiger partial charge in [-0.15, -0.1) is 0 Å². The fraction of sp³-hybridized carbons (Fsp3) is 0.133. The predicted molar refractivity (Wildman–Crippen MR) is 84.6 cm³/mol. The molecule has 0 saturated heterocycles. The van der Waals surface area contributed by atoms with Crippen molar-refractivity contribution in [2.75, 3.05) is 30.0 Å². The number of anilines is 3. The monoisotopic (exact) mass is 289 g/mol. The van der Waals surface area contributed by atoms with Crippen LogP contribution in [-0.2, 0) is 0 Å². The summed E-state index contributed by atoms with van der Waals surface area (Å²) in [7, 11) is 3.84. The number of para-hydroxylation sites is 2. The Hall–Kier alpha value is -2.20. The molecule has 2 rings (SSSR count). The lowest BCUT2D eigenvalue weighted by molar-refractivity contribution is 0.102. The molecule has 2 aromatic rings. The normalized spacial score (nSPS) is 10.2. The molecule has 0 aromatic heterocycles. The molecule has 0 spiro atoms. The highest BCUT2D eigenvalue weighted by atomic mass is 35.5. The molecule has 2 aromatic carbocycles. The molecule has 0 bridgehead atoms. The second-order valence-electron chi connectivity index (χ2n) is 4.64. The first-order valence-electron chi connectivity index (χ1n) is 6.11. The van der Waals surface area contributed by atoms with Gasteiger partial charge in [0.05, 0.1) is 11.4 Å².